The van der Waals surface area contributed by atoms with Gasteiger partial charge >= 0.3 is 0 Å². The number of rotatable bonds is 2. The molecule has 4 heteroatoms. The minimum absolute atomic E-state index is 0.0914. The van der Waals surface area contributed by atoms with Gasteiger partial charge in [0.05, 0.1) is 0 Å². The molecule has 1 aromatic heterocycles. The summed E-state index contributed by atoms with van der Waals surface area (Å²) in [4.78, 5) is 15.9. The number of amides is 1. The first-order valence-corrected chi connectivity index (χ1v) is 5.99. The van der Waals surface area contributed by atoms with E-state index in [2.05, 4.69) is 46.7 Å². The Morgan fingerprint density at radius 1 is 1.60 bits per heavy atom. The van der Waals surface area contributed by atoms with E-state index in [9.17, 15) is 4.79 Å². The highest BCUT2D eigenvalue weighted by molar-refractivity contribution is 14.1. The third-order valence-corrected chi connectivity index (χ3v) is 3.45. The van der Waals surface area contributed by atoms with Gasteiger partial charge in [-0.2, -0.15) is 0 Å². The molecule has 15 heavy (non-hydrogen) atoms. The molecule has 1 N–H and O–H groups in total. The van der Waals surface area contributed by atoms with Gasteiger partial charge in [-0.1, -0.05) is 13.8 Å². The molecule has 0 saturated heterocycles. The molecule has 1 saturated carbocycles. The van der Waals surface area contributed by atoms with E-state index in [1.54, 1.807) is 6.20 Å². The fraction of sp³-hybridized carbons (Fsp3) is 0.455. The number of hydrogen-bond donors (Lipinski definition) is 1. The van der Waals surface area contributed by atoms with E-state index < -0.39 is 0 Å². The van der Waals surface area contributed by atoms with Gasteiger partial charge in [-0.15, -0.1) is 0 Å². The van der Waals surface area contributed by atoms with Crippen molar-refractivity contribution >= 4 is 34.3 Å². The molecule has 1 unspecified atom stereocenters. The smallest absolute Gasteiger partial charge is 0.229 e. The molecule has 1 aliphatic carbocycles. The number of halogens is 1. The lowest BCUT2D eigenvalue weighted by atomic mass is 10.1. The average Bonchev–Trinajstić information content (AvgIpc) is 2.79. The van der Waals surface area contributed by atoms with Crippen molar-refractivity contribution in [2.45, 2.75) is 20.3 Å². The van der Waals surface area contributed by atoms with E-state index >= 15 is 0 Å². The van der Waals surface area contributed by atoms with Crippen molar-refractivity contribution in [3.63, 3.8) is 0 Å². The molecule has 0 spiro atoms. The zero-order valence-corrected chi connectivity index (χ0v) is 10.9. The zero-order chi connectivity index (χ0) is 11.1. The number of carbonyl (C=O) groups is 1. The lowest BCUT2D eigenvalue weighted by Gasteiger charge is -2.05. The summed E-state index contributed by atoms with van der Waals surface area (Å²) in [5, 5.41) is 2.83. The molecule has 80 valence electrons. The number of hydrogen-bond acceptors (Lipinski definition) is 2. The van der Waals surface area contributed by atoms with Crippen molar-refractivity contribution in [3.05, 3.63) is 21.9 Å². The predicted octanol–water partition coefficient (Wildman–Crippen LogP) is 2.67. The van der Waals surface area contributed by atoms with Crippen molar-refractivity contribution < 1.29 is 4.79 Å². The molecule has 0 aliphatic heterocycles. The topological polar surface area (TPSA) is 42.0 Å². The summed E-state index contributed by atoms with van der Waals surface area (Å²) in [6.07, 6.45) is 2.72. The molecule has 2 rings (SSSR count). The maximum absolute atomic E-state index is 11.7. The van der Waals surface area contributed by atoms with E-state index in [0.29, 0.717) is 5.82 Å². The molecule has 0 bridgehead atoms. The summed E-state index contributed by atoms with van der Waals surface area (Å²) in [7, 11) is 0. The van der Waals surface area contributed by atoms with Gasteiger partial charge in [-0.25, -0.2) is 4.98 Å². The minimum Gasteiger partial charge on any atom is -0.310 e. The van der Waals surface area contributed by atoms with Gasteiger partial charge < -0.3 is 5.32 Å². The zero-order valence-electron chi connectivity index (χ0n) is 8.75. The fourth-order valence-electron chi connectivity index (χ4n) is 1.58. The molecule has 1 aliphatic rings. The Morgan fingerprint density at radius 2 is 2.27 bits per heavy atom. The Morgan fingerprint density at radius 3 is 2.73 bits per heavy atom. The van der Waals surface area contributed by atoms with E-state index in [4.69, 9.17) is 0 Å². The van der Waals surface area contributed by atoms with Crippen LogP contribution < -0.4 is 5.32 Å². The highest BCUT2D eigenvalue weighted by atomic mass is 127. The van der Waals surface area contributed by atoms with Gasteiger partial charge in [0.15, 0.2) is 0 Å². The molecular formula is C11H13IN2O. The predicted molar refractivity (Wildman–Crippen MR) is 67.5 cm³/mol. The van der Waals surface area contributed by atoms with E-state index in [1.807, 2.05) is 12.1 Å². The number of pyridine rings is 1. The van der Waals surface area contributed by atoms with Crippen LogP contribution in [0.4, 0.5) is 5.82 Å². The molecule has 1 aromatic rings. The van der Waals surface area contributed by atoms with Gasteiger partial charge in [0.2, 0.25) is 5.91 Å². The van der Waals surface area contributed by atoms with Crippen LogP contribution in [-0.4, -0.2) is 10.9 Å². The van der Waals surface area contributed by atoms with Gasteiger partial charge in [0.25, 0.3) is 0 Å². The third kappa shape index (κ3) is 2.48. The summed E-state index contributed by atoms with van der Waals surface area (Å²) < 4.78 is 1.07. The van der Waals surface area contributed by atoms with Crippen molar-refractivity contribution in [2.75, 3.05) is 5.32 Å². The van der Waals surface area contributed by atoms with Crippen molar-refractivity contribution in [1.29, 1.82) is 0 Å². The normalized spacial score (nSPS) is 22.2. The van der Waals surface area contributed by atoms with Crippen LogP contribution in [0, 0.1) is 14.9 Å². The largest absolute Gasteiger partial charge is 0.310 e. The summed E-state index contributed by atoms with van der Waals surface area (Å²) in [6, 6.07) is 3.76. The van der Waals surface area contributed by atoms with E-state index in [-0.39, 0.29) is 17.2 Å². The van der Waals surface area contributed by atoms with Crippen LogP contribution in [0.15, 0.2) is 18.3 Å². The first kappa shape index (κ1) is 10.9. The Balaban J connectivity index is 1.98. The highest BCUT2D eigenvalue weighted by Crippen LogP contribution is 2.51. The van der Waals surface area contributed by atoms with E-state index in [1.165, 1.54) is 0 Å². The second-order valence-corrected chi connectivity index (χ2v) is 5.84. The maximum Gasteiger partial charge on any atom is 0.229 e. The lowest BCUT2D eigenvalue weighted by molar-refractivity contribution is -0.118. The molecule has 0 radical (unpaired) electrons. The Hall–Kier alpha value is -0.650. The van der Waals surface area contributed by atoms with Crippen molar-refractivity contribution in [2.24, 2.45) is 11.3 Å². The van der Waals surface area contributed by atoms with Gasteiger partial charge in [0.1, 0.15) is 5.82 Å². The average molecular weight is 316 g/mol. The number of nitrogens with one attached hydrogen (secondary N) is 1. The first-order chi connectivity index (χ1) is 6.99. The van der Waals surface area contributed by atoms with Gasteiger partial charge in [-0.05, 0) is 46.6 Å². The molecule has 1 fully saturated rings. The monoisotopic (exact) mass is 316 g/mol. The number of aromatic nitrogens is 1. The number of nitrogens with zero attached hydrogens (tertiary/aromatic N) is 1. The lowest BCUT2D eigenvalue weighted by Crippen LogP contribution is -2.17. The van der Waals surface area contributed by atoms with Crippen LogP contribution in [0.1, 0.15) is 20.3 Å². The van der Waals surface area contributed by atoms with Crippen LogP contribution in [-0.2, 0) is 4.79 Å². The van der Waals surface area contributed by atoms with Gasteiger partial charge in [-0.3, -0.25) is 4.79 Å². The second kappa shape index (κ2) is 3.73. The van der Waals surface area contributed by atoms with Crippen LogP contribution in [0.3, 0.4) is 0 Å². The summed E-state index contributed by atoms with van der Waals surface area (Å²) in [5.74, 6) is 0.885. The standard InChI is InChI=1S/C11H13IN2O/c1-11(2)5-8(11)10(15)14-9-4-3-7(12)6-13-9/h3-4,6,8H,5H2,1-2H3,(H,13,14,15). The minimum atomic E-state index is 0.0914. The molecular weight excluding hydrogens is 303 g/mol. The van der Waals surface area contributed by atoms with Crippen LogP contribution in [0.2, 0.25) is 0 Å². The molecule has 3 nitrogen and oxygen atoms in total. The molecule has 1 heterocycles. The number of carbonyl (C=O) groups excluding carboxylic acids is 1. The fourth-order valence-corrected chi connectivity index (χ4v) is 1.90. The van der Waals surface area contributed by atoms with Crippen LogP contribution >= 0.6 is 22.6 Å². The Bertz CT molecular complexity index is 386. The van der Waals surface area contributed by atoms with E-state index in [0.717, 1.165) is 9.99 Å². The quantitative estimate of drug-likeness (QED) is 0.853. The second-order valence-electron chi connectivity index (χ2n) is 4.60. The molecule has 1 amide bonds. The SMILES string of the molecule is CC1(C)CC1C(=O)Nc1ccc(I)cn1. The first-order valence-electron chi connectivity index (χ1n) is 4.91. The molecule has 0 aromatic carbocycles. The highest BCUT2D eigenvalue weighted by Gasteiger charge is 2.50. The van der Waals surface area contributed by atoms with Crippen molar-refractivity contribution in [3.8, 4) is 0 Å². The van der Waals surface area contributed by atoms with Gasteiger partial charge in [0, 0.05) is 15.7 Å². The summed E-state index contributed by atoms with van der Waals surface area (Å²) in [6.45, 7) is 4.22. The Labute approximate surface area is 103 Å². The maximum atomic E-state index is 11.7. The third-order valence-electron chi connectivity index (χ3n) is 2.81. The van der Waals surface area contributed by atoms with Crippen LogP contribution in [0.25, 0.3) is 0 Å². The molecule has 1 atom stereocenters. The summed E-state index contributed by atoms with van der Waals surface area (Å²) in [5.41, 5.74) is 0.174. The van der Waals surface area contributed by atoms with Crippen LogP contribution in [0.5, 0.6) is 0 Å². The van der Waals surface area contributed by atoms with Crippen molar-refractivity contribution in [1.82, 2.24) is 4.98 Å². The Kier molecular flexibility index (Phi) is 2.70. The number of anilines is 1. The summed E-state index contributed by atoms with van der Waals surface area (Å²) >= 11 is 2.19.